The van der Waals surface area contributed by atoms with Gasteiger partial charge in [0.1, 0.15) is 0 Å². The third-order valence-electron chi connectivity index (χ3n) is 2.10. The Balaban J connectivity index is 2.91. The zero-order valence-electron chi connectivity index (χ0n) is 9.53. The smallest absolute Gasteiger partial charge is 0.372 e. The van der Waals surface area contributed by atoms with Crippen molar-refractivity contribution < 1.29 is 13.3 Å². The van der Waals surface area contributed by atoms with E-state index in [-0.39, 0.29) is 0 Å². The summed E-state index contributed by atoms with van der Waals surface area (Å²) in [5.74, 6) is 0.760. The van der Waals surface area contributed by atoms with Gasteiger partial charge in [-0.15, -0.1) is 0 Å². The Morgan fingerprint density at radius 2 is 1.80 bits per heavy atom. The normalized spacial score (nSPS) is 12.0. The minimum Gasteiger partial charge on any atom is -0.372 e. The van der Waals surface area contributed by atoms with Gasteiger partial charge in [0.05, 0.1) is 0 Å². The van der Waals surface area contributed by atoms with Crippen LogP contribution in [0.25, 0.3) is 0 Å². The molecule has 0 radical (unpaired) electrons. The second kappa shape index (κ2) is 5.36. The first kappa shape index (κ1) is 12.3. The molecule has 0 saturated carbocycles. The van der Waals surface area contributed by atoms with Gasteiger partial charge in [-0.1, -0.05) is 6.92 Å². The minimum absolute atomic E-state index is 0.554. The van der Waals surface area contributed by atoms with Gasteiger partial charge in [0.15, 0.2) is 11.3 Å². The predicted molar refractivity (Wildman–Crippen MR) is 56.8 cm³/mol. The standard InChI is InChI=1S/C8H17N3O3Si/c1-5-6-7-9-8(11-10-7)15(12-2,13-3)14-4/h5-6H2,1-4H3,(H,9,10,11). The Kier molecular flexibility index (Phi) is 4.39. The van der Waals surface area contributed by atoms with Crippen molar-refractivity contribution in [2.75, 3.05) is 21.3 Å². The number of aromatic nitrogens is 3. The van der Waals surface area contributed by atoms with E-state index in [9.17, 15) is 0 Å². The van der Waals surface area contributed by atoms with Crippen LogP contribution in [-0.4, -0.2) is 45.3 Å². The highest BCUT2D eigenvalue weighted by atomic mass is 28.4. The van der Waals surface area contributed by atoms with Crippen molar-refractivity contribution in [3.8, 4) is 0 Å². The molecule has 0 fully saturated rings. The maximum Gasteiger partial charge on any atom is 0.575 e. The summed E-state index contributed by atoms with van der Waals surface area (Å²) in [5.41, 5.74) is 0.554. The van der Waals surface area contributed by atoms with Gasteiger partial charge in [-0.3, -0.25) is 5.10 Å². The lowest BCUT2D eigenvalue weighted by molar-refractivity contribution is 0.138. The maximum absolute atomic E-state index is 5.27. The number of aromatic amines is 1. The van der Waals surface area contributed by atoms with Crippen molar-refractivity contribution in [1.29, 1.82) is 0 Å². The van der Waals surface area contributed by atoms with Crippen LogP contribution in [0, 0.1) is 0 Å². The van der Waals surface area contributed by atoms with Crippen molar-refractivity contribution in [3.63, 3.8) is 0 Å². The van der Waals surface area contributed by atoms with Gasteiger partial charge < -0.3 is 13.3 Å². The van der Waals surface area contributed by atoms with Gasteiger partial charge in [0.25, 0.3) is 0 Å². The van der Waals surface area contributed by atoms with E-state index in [1.807, 2.05) is 0 Å². The van der Waals surface area contributed by atoms with Crippen LogP contribution < -0.4 is 5.45 Å². The Morgan fingerprint density at radius 1 is 1.20 bits per heavy atom. The number of hydrogen-bond donors (Lipinski definition) is 1. The molecule has 1 aromatic heterocycles. The minimum atomic E-state index is -2.83. The van der Waals surface area contributed by atoms with Crippen molar-refractivity contribution in [1.82, 2.24) is 15.2 Å². The fourth-order valence-electron chi connectivity index (χ4n) is 1.31. The highest BCUT2D eigenvalue weighted by Gasteiger charge is 2.45. The number of nitrogens with zero attached hydrogens (tertiary/aromatic N) is 2. The van der Waals surface area contributed by atoms with Gasteiger partial charge in [-0.2, -0.15) is 5.10 Å². The van der Waals surface area contributed by atoms with Gasteiger partial charge in [0, 0.05) is 27.8 Å². The molecule has 0 unspecified atom stereocenters. The summed E-state index contributed by atoms with van der Waals surface area (Å²) in [6, 6.07) is 0. The third-order valence-corrected chi connectivity index (χ3v) is 4.52. The molecule has 0 atom stereocenters. The van der Waals surface area contributed by atoms with Gasteiger partial charge >= 0.3 is 8.80 Å². The molecular weight excluding hydrogens is 214 g/mol. The summed E-state index contributed by atoms with van der Waals surface area (Å²) in [4.78, 5) is 4.31. The average Bonchev–Trinajstić information content (AvgIpc) is 2.71. The lowest BCUT2D eigenvalue weighted by atomic mass is 10.3. The molecule has 15 heavy (non-hydrogen) atoms. The van der Waals surface area contributed by atoms with Crippen molar-refractivity contribution >= 4 is 14.3 Å². The van der Waals surface area contributed by atoms with E-state index in [4.69, 9.17) is 13.3 Å². The van der Waals surface area contributed by atoms with Crippen molar-refractivity contribution in [2.45, 2.75) is 19.8 Å². The number of aryl methyl sites for hydroxylation is 1. The van der Waals surface area contributed by atoms with Crippen LogP contribution in [0.5, 0.6) is 0 Å². The number of rotatable bonds is 6. The Hall–Kier alpha value is -0.763. The molecule has 0 aromatic carbocycles. The quantitative estimate of drug-likeness (QED) is 0.689. The van der Waals surface area contributed by atoms with Gasteiger partial charge in [-0.25, -0.2) is 4.98 Å². The van der Waals surface area contributed by atoms with Crippen LogP contribution in [0.2, 0.25) is 0 Å². The zero-order chi connectivity index (χ0) is 11.3. The molecule has 86 valence electrons. The lowest BCUT2D eigenvalue weighted by Crippen LogP contribution is -2.56. The molecule has 6 nitrogen and oxygen atoms in total. The third kappa shape index (κ3) is 2.43. The molecule has 0 aliphatic heterocycles. The van der Waals surface area contributed by atoms with Crippen LogP contribution in [0.4, 0.5) is 0 Å². The Labute approximate surface area is 90.3 Å². The maximum atomic E-state index is 5.27. The summed E-state index contributed by atoms with van der Waals surface area (Å²) >= 11 is 0. The molecular formula is C8H17N3O3Si. The van der Waals surface area contributed by atoms with E-state index in [2.05, 4.69) is 22.1 Å². The van der Waals surface area contributed by atoms with E-state index >= 15 is 0 Å². The molecule has 1 heterocycles. The predicted octanol–water partition coefficient (Wildman–Crippen LogP) is -0.158. The van der Waals surface area contributed by atoms with E-state index < -0.39 is 8.80 Å². The highest BCUT2D eigenvalue weighted by molar-refractivity contribution is 6.73. The van der Waals surface area contributed by atoms with Crippen LogP contribution in [0.3, 0.4) is 0 Å². The molecule has 0 aliphatic rings. The monoisotopic (exact) mass is 231 g/mol. The first-order valence-electron chi connectivity index (χ1n) is 4.79. The van der Waals surface area contributed by atoms with Crippen molar-refractivity contribution in [2.24, 2.45) is 0 Å². The summed E-state index contributed by atoms with van der Waals surface area (Å²) in [6.07, 6.45) is 1.83. The topological polar surface area (TPSA) is 69.3 Å². The number of hydrogen-bond acceptors (Lipinski definition) is 5. The molecule has 0 spiro atoms. The molecule has 0 aliphatic carbocycles. The molecule has 7 heteroatoms. The summed E-state index contributed by atoms with van der Waals surface area (Å²) in [7, 11) is 1.80. The van der Waals surface area contributed by atoms with Crippen LogP contribution in [0.15, 0.2) is 0 Å². The first-order valence-corrected chi connectivity index (χ1v) is 6.52. The number of nitrogens with one attached hydrogen (secondary N) is 1. The Morgan fingerprint density at radius 3 is 2.27 bits per heavy atom. The van der Waals surface area contributed by atoms with Gasteiger partial charge in [0.2, 0.25) is 0 Å². The highest BCUT2D eigenvalue weighted by Crippen LogP contribution is 2.04. The lowest BCUT2D eigenvalue weighted by Gasteiger charge is -2.20. The SMILES string of the molecule is CCCc1n[nH]c([Si](OC)(OC)OC)n1. The summed E-state index contributed by atoms with van der Waals surface area (Å²) in [6.45, 7) is 2.07. The second-order valence-electron chi connectivity index (χ2n) is 3.02. The molecule has 1 aromatic rings. The molecule has 0 bridgehead atoms. The van der Waals surface area contributed by atoms with Gasteiger partial charge in [-0.05, 0) is 6.42 Å². The second-order valence-corrected chi connectivity index (χ2v) is 5.83. The van der Waals surface area contributed by atoms with Crippen LogP contribution >= 0.6 is 0 Å². The zero-order valence-corrected chi connectivity index (χ0v) is 10.5. The van der Waals surface area contributed by atoms with Crippen LogP contribution in [-0.2, 0) is 19.7 Å². The van der Waals surface area contributed by atoms with Crippen LogP contribution in [0.1, 0.15) is 19.2 Å². The first-order chi connectivity index (χ1) is 7.22. The largest absolute Gasteiger partial charge is 0.575 e. The summed E-state index contributed by atoms with van der Waals surface area (Å²) < 4.78 is 15.8. The van der Waals surface area contributed by atoms with E-state index in [0.29, 0.717) is 5.45 Å². The molecule has 1 rings (SSSR count). The Bertz CT molecular complexity index is 293. The van der Waals surface area contributed by atoms with E-state index in [0.717, 1.165) is 18.7 Å². The van der Waals surface area contributed by atoms with E-state index in [1.165, 1.54) is 0 Å². The fourth-order valence-corrected chi connectivity index (χ4v) is 2.85. The molecule has 0 saturated heterocycles. The number of H-pyrrole nitrogens is 1. The fraction of sp³-hybridized carbons (Fsp3) is 0.750. The average molecular weight is 231 g/mol. The van der Waals surface area contributed by atoms with E-state index in [1.54, 1.807) is 21.3 Å². The van der Waals surface area contributed by atoms with Crippen molar-refractivity contribution in [3.05, 3.63) is 5.82 Å². The summed E-state index contributed by atoms with van der Waals surface area (Å²) in [5, 5.41) is 6.88. The molecule has 1 N–H and O–H groups in total. The molecule has 0 amide bonds.